The number of benzene rings is 1. The largest absolute Gasteiger partial charge is 0.497 e. The van der Waals surface area contributed by atoms with Crippen LogP contribution in [0.4, 0.5) is 19.0 Å². The molecule has 7 heteroatoms. The fraction of sp³-hybridized carbons (Fsp3) is 0.200. The number of hydrogen-bond acceptors (Lipinski definition) is 4. The van der Waals surface area contributed by atoms with Crippen molar-refractivity contribution in [2.75, 3.05) is 12.5 Å². The van der Waals surface area contributed by atoms with Crippen molar-refractivity contribution in [3.05, 3.63) is 53.7 Å². The molecule has 2 rings (SSSR count). The molecule has 0 fully saturated rings. The molecule has 0 spiro atoms. The normalized spacial score (nSPS) is 12.1. The molecular weight excluding hydrogens is 295 g/mol. The monoisotopic (exact) mass is 309 g/mol. The Hall–Kier alpha value is -2.57. The molecule has 1 N–H and O–H groups in total. The smallest absolute Gasteiger partial charge is 0.417 e. The lowest BCUT2D eigenvalue weighted by molar-refractivity contribution is -0.137. The fourth-order valence-corrected chi connectivity index (χ4v) is 1.68. The molecule has 0 unspecified atom stereocenters. The van der Waals surface area contributed by atoms with Crippen molar-refractivity contribution in [3.63, 3.8) is 0 Å². The zero-order chi connectivity index (χ0) is 16.2. The van der Waals surface area contributed by atoms with E-state index < -0.39 is 11.7 Å². The number of anilines is 1. The summed E-state index contributed by atoms with van der Waals surface area (Å²) >= 11 is 0. The maximum absolute atomic E-state index is 12.4. The van der Waals surface area contributed by atoms with Crippen molar-refractivity contribution < 1.29 is 17.9 Å². The highest BCUT2D eigenvalue weighted by Crippen LogP contribution is 2.28. The first-order valence-electron chi connectivity index (χ1n) is 6.38. The van der Waals surface area contributed by atoms with Crippen LogP contribution in [-0.4, -0.2) is 17.8 Å². The Balaban J connectivity index is 2.10. The van der Waals surface area contributed by atoms with Gasteiger partial charge in [-0.2, -0.15) is 18.3 Å². The van der Waals surface area contributed by atoms with E-state index >= 15 is 0 Å². The van der Waals surface area contributed by atoms with Crippen LogP contribution in [0, 0.1) is 0 Å². The summed E-state index contributed by atoms with van der Waals surface area (Å²) < 4.78 is 42.4. The Bertz CT molecular complexity index is 666. The molecule has 0 aliphatic carbocycles. The molecule has 0 amide bonds. The minimum Gasteiger partial charge on any atom is -0.497 e. The number of halogens is 3. The van der Waals surface area contributed by atoms with Gasteiger partial charge in [-0.25, -0.2) is 4.98 Å². The third kappa shape index (κ3) is 3.97. The maximum Gasteiger partial charge on any atom is 0.417 e. The van der Waals surface area contributed by atoms with Crippen molar-refractivity contribution in [1.82, 2.24) is 4.98 Å². The summed E-state index contributed by atoms with van der Waals surface area (Å²) in [7, 11) is 1.57. The molecule has 0 aliphatic heterocycles. The molecule has 0 saturated heterocycles. The van der Waals surface area contributed by atoms with E-state index in [2.05, 4.69) is 15.5 Å². The number of rotatable bonds is 4. The minimum absolute atomic E-state index is 0.232. The number of alkyl halides is 3. The second-order valence-electron chi connectivity index (χ2n) is 4.47. The highest BCUT2D eigenvalue weighted by molar-refractivity contribution is 5.99. The zero-order valence-corrected chi connectivity index (χ0v) is 12.0. The average molecular weight is 309 g/mol. The van der Waals surface area contributed by atoms with Crippen molar-refractivity contribution in [1.29, 1.82) is 0 Å². The second-order valence-corrected chi connectivity index (χ2v) is 4.47. The molecule has 0 atom stereocenters. The van der Waals surface area contributed by atoms with Crippen LogP contribution in [0.15, 0.2) is 47.7 Å². The highest BCUT2D eigenvalue weighted by atomic mass is 19.4. The number of pyridine rings is 1. The predicted molar refractivity (Wildman–Crippen MR) is 78.1 cm³/mol. The number of hydrazone groups is 1. The topological polar surface area (TPSA) is 46.5 Å². The van der Waals surface area contributed by atoms with Gasteiger partial charge in [0.25, 0.3) is 0 Å². The second kappa shape index (κ2) is 6.46. The number of methoxy groups -OCH3 is 1. The summed E-state index contributed by atoms with van der Waals surface area (Å²) in [4.78, 5) is 3.68. The van der Waals surface area contributed by atoms with Gasteiger partial charge in [-0.3, -0.25) is 5.43 Å². The molecule has 1 aromatic carbocycles. The molecule has 22 heavy (non-hydrogen) atoms. The first kappa shape index (κ1) is 15.8. The number of ether oxygens (including phenoxy) is 1. The van der Waals surface area contributed by atoms with Crippen molar-refractivity contribution in [3.8, 4) is 5.75 Å². The SMILES string of the molecule is COc1cccc(/C(C)=N\Nc2ccc(C(F)(F)F)cn2)c1. The summed E-state index contributed by atoms with van der Waals surface area (Å²) in [5.41, 5.74) is 3.31. The van der Waals surface area contributed by atoms with Crippen LogP contribution >= 0.6 is 0 Å². The summed E-state index contributed by atoms with van der Waals surface area (Å²) in [6.07, 6.45) is -3.63. The van der Waals surface area contributed by atoms with E-state index in [-0.39, 0.29) is 5.82 Å². The molecule has 1 aromatic heterocycles. The maximum atomic E-state index is 12.4. The van der Waals surface area contributed by atoms with Gasteiger partial charge < -0.3 is 4.74 Å². The Morgan fingerprint density at radius 1 is 1.23 bits per heavy atom. The van der Waals surface area contributed by atoms with Crippen LogP contribution in [0.3, 0.4) is 0 Å². The van der Waals surface area contributed by atoms with Crippen LogP contribution in [0.2, 0.25) is 0 Å². The van der Waals surface area contributed by atoms with Crippen molar-refractivity contribution in [2.24, 2.45) is 5.10 Å². The average Bonchev–Trinajstić information content (AvgIpc) is 2.52. The molecule has 0 aliphatic rings. The Morgan fingerprint density at radius 3 is 2.59 bits per heavy atom. The highest BCUT2D eigenvalue weighted by Gasteiger charge is 2.30. The van der Waals surface area contributed by atoms with E-state index in [0.29, 0.717) is 11.5 Å². The molecule has 116 valence electrons. The van der Waals surface area contributed by atoms with Crippen LogP contribution in [-0.2, 0) is 6.18 Å². The zero-order valence-electron chi connectivity index (χ0n) is 12.0. The number of hydrogen-bond donors (Lipinski definition) is 1. The van der Waals surface area contributed by atoms with Crippen LogP contribution < -0.4 is 10.2 Å². The van der Waals surface area contributed by atoms with Crippen LogP contribution in [0.25, 0.3) is 0 Å². The molecule has 0 saturated carbocycles. The summed E-state index contributed by atoms with van der Waals surface area (Å²) in [5, 5.41) is 4.10. The van der Waals surface area contributed by atoms with Crippen molar-refractivity contribution in [2.45, 2.75) is 13.1 Å². The third-order valence-corrected chi connectivity index (χ3v) is 2.92. The Morgan fingerprint density at radius 2 is 2.00 bits per heavy atom. The summed E-state index contributed by atoms with van der Waals surface area (Å²) in [5.74, 6) is 0.926. The van der Waals surface area contributed by atoms with Crippen LogP contribution in [0.1, 0.15) is 18.1 Å². The number of nitrogens with one attached hydrogen (secondary N) is 1. The van der Waals surface area contributed by atoms with Gasteiger partial charge in [-0.05, 0) is 31.2 Å². The minimum atomic E-state index is -4.40. The number of aromatic nitrogens is 1. The first-order valence-corrected chi connectivity index (χ1v) is 6.38. The molecule has 4 nitrogen and oxygen atoms in total. The van der Waals surface area contributed by atoms with Gasteiger partial charge in [-0.1, -0.05) is 12.1 Å². The van der Waals surface area contributed by atoms with E-state index in [9.17, 15) is 13.2 Å². The van der Waals surface area contributed by atoms with Crippen LogP contribution in [0.5, 0.6) is 5.75 Å². The number of nitrogens with zero attached hydrogens (tertiary/aromatic N) is 2. The lowest BCUT2D eigenvalue weighted by Crippen LogP contribution is -2.06. The van der Waals surface area contributed by atoms with Gasteiger partial charge in [-0.15, -0.1) is 0 Å². The van der Waals surface area contributed by atoms with Gasteiger partial charge in [0.15, 0.2) is 0 Å². The quantitative estimate of drug-likeness (QED) is 0.687. The van der Waals surface area contributed by atoms with Gasteiger partial charge in [0.05, 0.1) is 18.4 Å². The van der Waals surface area contributed by atoms with E-state index in [4.69, 9.17) is 4.74 Å². The Labute approximate surface area is 125 Å². The standard InChI is InChI=1S/C15H14F3N3O/c1-10(11-4-3-5-13(8-11)22-2)20-21-14-7-6-12(9-19-14)15(16,17)18/h3-9H,1-2H3,(H,19,21)/b20-10-. The van der Waals surface area contributed by atoms with E-state index in [0.717, 1.165) is 17.8 Å². The van der Waals surface area contributed by atoms with Gasteiger partial charge >= 0.3 is 6.18 Å². The van der Waals surface area contributed by atoms with Crippen molar-refractivity contribution >= 4 is 11.5 Å². The van der Waals surface area contributed by atoms with E-state index in [1.54, 1.807) is 20.1 Å². The molecular formula is C15H14F3N3O. The lowest BCUT2D eigenvalue weighted by Gasteiger charge is -2.07. The predicted octanol–water partition coefficient (Wildman–Crippen LogP) is 3.95. The van der Waals surface area contributed by atoms with E-state index in [1.165, 1.54) is 6.07 Å². The third-order valence-electron chi connectivity index (χ3n) is 2.92. The molecule has 0 radical (unpaired) electrons. The fourth-order valence-electron chi connectivity index (χ4n) is 1.68. The molecule has 1 heterocycles. The molecule has 2 aromatic rings. The molecule has 0 bridgehead atoms. The van der Waals surface area contributed by atoms with Gasteiger partial charge in [0.1, 0.15) is 11.6 Å². The first-order chi connectivity index (χ1) is 10.4. The summed E-state index contributed by atoms with van der Waals surface area (Å²) in [6, 6.07) is 9.46. The van der Waals surface area contributed by atoms with Gasteiger partial charge in [0, 0.05) is 11.8 Å². The summed E-state index contributed by atoms with van der Waals surface area (Å²) in [6.45, 7) is 1.77. The lowest BCUT2D eigenvalue weighted by atomic mass is 10.1. The Kier molecular flexibility index (Phi) is 4.65. The van der Waals surface area contributed by atoms with Gasteiger partial charge in [0.2, 0.25) is 0 Å². The van der Waals surface area contributed by atoms with E-state index in [1.807, 2.05) is 18.2 Å².